The van der Waals surface area contributed by atoms with Gasteiger partial charge in [0.1, 0.15) is 0 Å². The van der Waals surface area contributed by atoms with Crippen molar-refractivity contribution in [3.8, 4) is 5.69 Å². The molecule has 4 aromatic rings. The Bertz CT molecular complexity index is 1350. The zero-order valence-electron chi connectivity index (χ0n) is 17.1. The molecule has 0 bridgehead atoms. The van der Waals surface area contributed by atoms with E-state index in [0.717, 1.165) is 16.8 Å². The number of fused-ring (bicyclic) bond motifs is 1. The van der Waals surface area contributed by atoms with Crippen LogP contribution < -0.4 is 10.9 Å². The normalized spacial score (nSPS) is 10.9. The van der Waals surface area contributed by atoms with Gasteiger partial charge in [-0.3, -0.25) is 14.2 Å². The van der Waals surface area contributed by atoms with E-state index in [1.165, 1.54) is 11.8 Å². The fourth-order valence-corrected chi connectivity index (χ4v) is 4.28. The van der Waals surface area contributed by atoms with E-state index < -0.39 is 0 Å². The minimum Gasteiger partial charge on any atom is -0.325 e. The van der Waals surface area contributed by atoms with Gasteiger partial charge in [0.25, 0.3) is 5.56 Å². The third-order valence-corrected chi connectivity index (χ3v) is 6.32. The van der Waals surface area contributed by atoms with Gasteiger partial charge in [-0.1, -0.05) is 59.8 Å². The van der Waals surface area contributed by atoms with Crippen molar-refractivity contribution >= 4 is 45.9 Å². The number of nitrogens with one attached hydrogen (secondary N) is 1. The second kappa shape index (κ2) is 8.96. The Kier molecular flexibility index (Phi) is 6.11. The molecule has 3 aromatic carbocycles. The third kappa shape index (κ3) is 4.36. The maximum absolute atomic E-state index is 13.3. The number of aromatic nitrogens is 2. The number of anilines is 1. The molecule has 0 radical (unpaired) electrons. The van der Waals surface area contributed by atoms with E-state index in [1.807, 2.05) is 50.2 Å². The van der Waals surface area contributed by atoms with Crippen molar-refractivity contribution in [3.05, 3.63) is 93.2 Å². The van der Waals surface area contributed by atoms with Crippen LogP contribution in [0.1, 0.15) is 11.1 Å². The van der Waals surface area contributed by atoms with E-state index in [2.05, 4.69) is 10.3 Å². The van der Waals surface area contributed by atoms with Crippen LogP contribution in [0.4, 0.5) is 5.69 Å². The number of carbonyl (C=O) groups excluding carboxylic acids is 1. The molecule has 0 unspecified atom stereocenters. The van der Waals surface area contributed by atoms with Crippen LogP contribution in [0.3, 0.4) is 0 Å². The SMILES string of the molecule is Cc1ccccc1-n1c(SCC(=O)Nc2cccc(Cl)c2C)nc2ccccc2c1=O. The van der Waals surface area contributed by atoms with Crippen LogP contribution in [-0.2, 0) is 4.79 Å². The number of rotatable bonds is 5. The van der Waals surface area contributed by atoms with Crippen LogP contribution in [0.25, 0.3) is 16.6 Å². The van der Waals surface area contributed by atoms with Gasteiger partial charge in [-0.05, 0) is 55.3 Å². The first kappa shape index (κ1) is 21.2. The highest BCUT2D eigenvalue weighted by Gasteiger charge is 2.16. The van der Waals surface area contributed by atoms with Crippen LogP contribution in [0, 0.1) is 13.8 Å². The summed E-state index contributed by atoms with van der Waals surface area (Å²) >= 11 is 7.37. The van der Waals surface area contributed by atoms with Crippen LogP contribution in [0.15, 0.2) is 76.7 Å². The molecule has 0 aliphatic carbocycles. The number of aryl methyl sites for hydroxylation is 1. The maximum Gasteiger partial charge on any atom is 0.266 e. The minimum atomic E-state index is -0.200. The Morgan fingerprint density at radius 2 is 1.77 bits per heavy atom. The second-order valence-corrected chi connectivity index (χ2v) is 8.44. The quantitative estimate of drug-likeness (QED) is 0.328. The Balaban J connectivity index is 1.69. The Hall–Kier alpha value is -3.09. The van der Waals surface area contributed by atoms with Crippen molar-refractivity contribution in [1.29, 1.82) is 0 Å². The molecule has 0 spiro atoms. The summed E-state index contributed by atoms with van der Waals surface area (Å²) in [4.78, 5) is 30.6. The zero-order chi connectivity index (χ0) is 22.0. The number of hydrogen-bond acceptors (Lipinski definition) is 4. The van der Waals surface area contributed by atoms with Crippen molar-refractivity contribution in [3.63, 3.8) is 0 Å². The molecule has 0 saturated heterocycles. The molecule has 0 saturated carbocycles. The van der Waals surface area contributed by atoms with Gasteiger partial charge in [-0.15, -0.1) is 0 Å². The average molecular weight is 450 g/mol. The molecule has 0 aliphatic heterocycles. The molecular weight excluding hydrogens is 430 g/mol. The van der Waals surface area contributed by atoms with Crippen LogP contribution >= 0.6 is 23.4 Å². The van der Waals surface area contributed by atoms with E-state index in [9.17, 15) is 9.59 Å². The first-order chi connectivity index (χ1) is 15.0. The van der Waals surface area contributed by atoms with Gasteiger partial charge in [0.2, 0.25) is 5.91 Å². The van der Waals surface area contributed by atoms with Crippen molar-refractivity contribution < 1.29 is 4.79 Å². The summed E-state index contributed by atoms with van der Waals surface area (Å²) in [6.45, 7) is 3.80. The van der Waals surface area contributed by atoms with Gasteiger partial charge in [0, 0.05) is 10.7 Å². The summed E-state index contributed by atoms with van der Waals surface area (Å²) < 4.78 is 1.58. The molecule has 31 heavy (non-hydrogen) atoms. The van der Waals surface area contributed by atoms with Gasteiger partial charge < -0.3 is 5.32 Å². The lowest BCUT2D eigenvalue weighted by Crippen LogP contribution is -2.23. The van der Waals surface area contributed by atoms with Crippen molar-refractivity contribution in [2.45, 2.75) is 19.0 Å². The maximum atomic E-state index is 13.3. The number of hydrogen-bond donors (Lipinski definition) is 1. The predicted octanol–water partition coefficient (Wildman–Crippen LogP) is 5.39. The molecule has 4 rings (SSSR count). The molecule has 156 valence electrons. The van der Waals surface area contributed by atoms with Crippen LogP contribution in [0.5, 0.6) is 0 Å². The number of benzene rings is 3. The smallest absolute Gasteiger partial charge is 0.266 e. The Morgan fingerprint density at radius 3 is 2.58 bits per heavy atom. The highest BCUT2D eigenvalue weighted by atomic mass is 35.5. The number of para-hydroxylation sites is 2. The summed E-state index contributed by atoms with van der Waals surface area (Å²) in [5.74, 6) is -0.100. The minimum absolute atomic E-state index is 0.0998. The van der Waals surface area contributed by atoms with Gasteiger partial charge >= 0.3 is 0 Å². The molecule has 0 atom stereocenters. The average Bonchev–Trinajstić information content (AvgIpc) is 2.76. The monoisotopic (exact) mass is 449 g/mol. The van der Waals surface area contributed by atoms with E-state index in [1.54, 1.807) is 34.9 Å². The fraction of sp³-hybridized carbons (Fsp3) is 0.125. The molecule has 1 aromatic heterocycles. The number of thioether (sulfide) groups is 1. The molecule has 7 heteroatoms. The number of carbonyl (C=O) groups is 1. The molecular formula is C24H20ClN3O2S. The van der Waals surface area contributed by atoms with Crippen molar-refractivity contribution in [1.82, 2.24) is 9.55 Å². The molecule has 5 nitrogen and oxygen atoms in total. The lowest BCUT2D eigenvalue weighted by Gasteiger charge is -2.15. The van der Waals surface area contributed by atoms with E-state index >= 15 is 0 Å². The lowest BCUT2D eigenvalue weighted by atomic mass is 10.2. The number of amides is 1. The van der Waals surface area contributed by atoms with Gasteiger partial charge in [-0.25, -0.2) is 4.98 Å². The zero-order valence-corrected chi connectivity index (χ0v) is 18.6. The summed E-state index contributed by atoms with van der Waals surface area (Å²) in [7, 11) is 0. The first-order valence-electron chi connectivity index (χ1n) is 9.71. The predicted molar refractivity (Wildman–Crippen MR) is 128 cm³/mol. The Labute approximate surface area is 189 Å². The topological polar surface area (TPSA) is 64.0 Å². The molecule has 0 aliphatic rings. The third-order valence-electron chi connectivity index (χ3n) is 4.98. The van der Waals surface area contributed by atoms with Crippen molar-refractivity contribution in [2.24, 2.45) is 0 Å². The lowest BCUT2D eigenvalue weighted by molar-refractivity contribution is -0.113. The first-order valence-corrected chi connectivity index (χ1v) is 11.1. The van der Waals surface area contributed by atoms with E-state index in [-0.39, 0.29) is 17.2 Å². The Morgan fingerprint density at radius 1 is 1.03 bits per heavy atom. The number of halogens is 1. The number of nitrogens with zero attached hydrogens (tertiary/aromatic N) is 2. The molecule has 1 N–H and O–H groups in total. The summed E-state index contributed by atoms with van der Waals surface area (Å²) in [6, 6.07) is 20.2. The van der Waals surface area contributed by atoms with Gasteiger partial charge in [0.15, 0.2) is 5.16 Å². The van der Waals surface area contributed by atoms with Crippen molar-refractivity contribution in [2.75, 3.05) is 11.1 Å². The molecule has 0 fully saturated rings. The van der Waals surface area contributed by atoms with E-state index in [4.69, 9.17) is 11.6 Å². The van der Waals surface area contributed by atoms with Crippen LogP contribution in [0.2, 0.25) is 5.02 Å². The summed E-state index contributed by atoms with van der Waals surface area (Å²) in [5, 5.41) is 4.48. The molecule has 1 amide bonds. The highest BCUT2D eigenvalue weighted by molar-refractivity contribution is 7.99. The van der Waals surface area contributed by atoms with E-state index in [0.29, 0.717) is 26.8 Å². The summed E-state index contributed by atoms with van der Waals surface area (Å²) in [5.41, 5.74) is 3.62. The van der Waals surface area contributed by atoms with Gasteiger partial charge in [0.05, 0.1) is 22.3 Å². The largest absolute Gasteiger partial charge is 0.325 e. The van der Waals surface area contributed by atoms with Crippen LogP contribution in [-0.4, -0.2) is 21.2 Å². The standard InChI is InChI=1S/C24H20ClN3O2S/c1-15-8-3-6-13-21(15)28-23(30)17-9-4-5-11-20(17)27-24(28)31-14-22(29)26-19-12-7-10-18(25)16(19)2/h3-13H,14H2,1-2H3,(H,26,29). The fourth-order valence-electron chi connectivity index (χ4n) is 3.30. The summed E-state index contributed by atoms with van der Waals surface area (Å²) in [6.07, 6.45) is 0. The van der Waals surface area contributed by atoms with Gasteiger partial charge in [-0.2, -0.15) is 0 Å². The highest BCUT2D eigenvalue weighted by Crippen LogP contribution is 2.25. The second-order valence-electron chi connectivity index (χ2n) is 7.09. The molecule has 1 heterocycles.